The van der Waals surface area contributed by atoms with Crippen molar-refractivity contribution in [1.29, 1.82) is 0 Å². The van der Waals surface area contributed by atoms with Crippen molar-refractivity contribution < 1.29 is 24.5 Å². The highest BCUT2D eigenvalue weighted by Crippen LogP contribution is 2.15. The van der Waals surface area contributed by atoms with Crippen LogP contribution in [-0.4, -0.2) is 41.1 Å². The van der Waals surface area contributed by atoms with E-state index < -0.39 is 12.1 Å². The average molecular weight is 483 g/mol. The van der Waals surface area contributed by atoms with Gasteiger partial charge in [-0.3, -0.25) is 20.2 Å². The van der Waals surface area contributed by atoms with Gasteiger partial charge in [-0.1, -0.05) is 83.7 Å². The zero-order valence-corrected chi connectivity index (χ0v) is 21.2. The number of carbonyl (C=O) groups is 1. The molecule has 0 aromatic heterocycles. The summed E-state index contributed by atoms with van der Waals surface area (Å²) in [5.41, 5.74) is 0.660. The predicted octanol–water partition coefficient (Wildman–Crippen LogP) is 5.89. The Hall–Kier alpha value is -2.99. The number of rotatable bonds is 13. The maximum atomic E-state index is 10.6. The maximum absolute atomic E-state index is 10.6. The van der Waals surface area contributed by atoms with E-state index in [0.29, 0.717) is 17.4 Å². The van der Waals surface area contributed by atoms with Gasteiger partial charge in [0.25, 0.3) is 0 Å². The van der Waals surface area contributed by atoms with Crippen LogP contribution in [0.15, 0.2) is 30.3 Å². The first kappa shape index (κ1) is 35.6. The van der Waals surface area contributed by atoms with Crippen LogP contribution < -0.4 is 0 Å². The molecule has 34 heavy (non-hydrogen) atoms. The molecule has 1 N–H and O–H groups in total. The normalized spacial score (nSPS) is 10.5. The molecule has 1 aromatic rings. The van der Waals surface area contributed by atoms with Crippen LogP contribution in [0.1, 0.15) is 77.9 Å². The van der Waals surface area contributed by atoms with Gasteiger partial charge in [-0.15, -0.1) is 12.8 Å². The Morgan fingerprint density at radius 2 is 1.24 bits per heavy atom. The zero-order chi connectivity index (χ0) is 26.9. The average Bonchev–Trinajstić information content (AvgIpc) is 2.83. The largest absolute Gasteiger partial charge is 0.479 e. The highest BCUT2D eigenvalue weighted by Gasteiger charge is 2.17. The Kier molecular flexibility index (Phi) is 25.8. The molecule has 0 bridgehead atoms. The lowest BCUT2D eigenvalue weighted by molar-refractivity contribution is -0.481. The highest BCUT2D eigenvalue weighted by molar-refractivity contribution is 5.74. The standard InChI is InChI=1S/C9H10O3.2C7H15NO2.C2H2/c1-12-8(9(10)11)7-5-3-2-4-6-7;2*1-3-7(4-2)5-6-8(9)10;1-2/h2-6,8H,1H3,(H,10,11);2*7H,3-6H2,1-2H3;1-2H/t8-;;;/m1.../s1. The third kappa shape index (κ3) is 20.9. The fourth-order valence-electron chi connectivity index (χ4n) is 2.98. The molecule has 1 aromatic carbocycles. The summed E-state index contributed by atoms with van der Waals surface area (Å²) in [4.78, 5) is 30.0. The van der Waals surface area contributed by atoms with Gasteiger partial charge in [-0.05, 0) is 17.4 Å². The maximum Gasteiger partial charge on any atom is 0.337 e. The first-order valence-electron chi connectivity index (χ1n) is 11.5. The second-order valence-corrected chi connectivity index (χ2v) is 7.42. The molecule has 0 unspecified atom stereocenters. The second kappa shape index (κ2) is 24.6. The van der Waals surface area contributed by atoms with Crippen LogP contribution >= 0.6 is 0 Å². The molecule has 0 saturated carbocycles. The number of nitro groups is 2. The number of carboxylic acids is 1. The lowest BCUT2D eigenvalue weighted by Crippen LogP contribution is -2.12. The minimum Gasteiger partial charge on any atom is -0.479 e. The third-order valence-electron chi connectivity index (χ3n) is 5.31. The first-order valence-corrected chi connectivity index (χ1v) is 11.5. The van der Waals surface area contributed by atoms with E-state index >= 15 is 0 Å². The van der Waals surface area contributed by atoms with E-state index in [1.165, 1.54) is 7.11 Å². The predicted molar refractivity (Wildman–Crippen MR) is 135 cm³/mol. The monoisotopic (exact) mass is 482 g/mol. The number of hydrogen-bond acceptors (Lipinski definition) is 6. The van der Waals surface area contributed by atoms with Gasteiger partial charge in [0.15, 0.2) is 6.10 Å². The summed E-state index contributed by atoms with van der Waals surface area (Å²) in [5, 5.41) is 28.6. The Morgan fingerprint density at radius 3 is 1.47 bits per heavy atom. The molecule has 9 heteroatoms. The number of carboxylic acid groups (broad SMARTS) is 1. The Balaban J connectivity index is -0.000000411. The highest BCUT2D eigenvalue weighted by atomic mass is 16.6. The second-order valence-electron chi connectivity index (χ2n) is 7.42. The molecule has 1 rings (SSSR count). The third-order valence-corrected chi connectivity index (χ3v) is 5.31. The fraction of sp³-hybridized carbons (Fsp3) is 0.640. The van der Waals surface area contributed by atoms with Gasteiger partial charge in [-0.25, -0.2) is 4.79 Å². The van der Waals surface area contributed by atoms with Gasteiger partial charge in [0.1, 0.15) is 0 Å². The number of nitrogens with zero attached hydrogens (tertiary/aromatic N) is 2. The van der Waals surface area contributed by atoms with E-state index in [0.717, 1.165) is 38.5 Å². The van der Waals surface area contributed by atoms with Crippen molar-refractivity contribution in [1.82, 2.24) is 0 Å². The minimum absolute atomic E-state index is 0.131. The summed E-state index contributed by atoms with van der Waals surface area (Å²) < 4.78 is 4.80. The number of aliphatic carboxylic acids is 1. The van der Waals surface area contributed by atoms with Crippen LogP contribution in [0.25, 0.3) is 0 Å². The zero-order valence-electron chi connectivity index (χ0n) is 21.2. The van der Waals surface area contributed by atoms with E-state index in [1.54, 1.807) is 24.3 Å². The van der Waals surface area contributed by atoms with E-state index in [9.17, 15) is 25.0 Å². The van der Waals surface area contributed by atoms with Crippen molar-refractivity contribution >= 4 is 5.97 Å². The Morgan fingerprint density at radius 1 is 0.882 bits per heavy atom. The van der Waals surface area contributed by atoms with Gasteiger partial charge in [-0.2, -0.15) is 0 Å². The van der Waals surface area contributed by atoms with Crippen molar-refractivity contribution in [3.05, 3.63) is 56.1 Å². The van der Waals surface area contributed by atoms with Crippen molar-refractivity contribution in [2.24, 2.45) is 11.8 Å². The molecule has 0 aliphatic carbocycles. The summed E-state index contributed by atoms with van der Waals surface area (Å²) in [5.74, 6) is 0.125. The van der Waals surface area contributed by atoms with Gasteiger partial charge in [0, 0.05) is 29.8 Å². The first-order chi connectivity index (χ1) is 16.2. The topological polar surface area (TPSA) is 133 Å². The summed E-state index contributed by atoms with van der Waals surface area (Å²) in [6.07, 6.45) is 12.9. The molecule has 1 atom stereocenters. The molecule has 0 heterocycles. The van der Waals surface area contributed by atoms with Gasteiger partial charge >= 0.3 is 5.97 Å². The molecule has 0 saturated heterocycles. The summed E-state index contributed by atoms with van der Waals surface area (Å²) in [7, 11) is 1.38. The van der Waals surface area contributed by atoms with Crippen molar-refractivity contribution in [3.63, 3.8) is 0 Å². The number of hydrogen-bond donors (Lipinski definition) is 1. The van der Waals surface area contributed by atoms with Gasteiger partial charge < -0.3 is 9.84 Å². The van der Waals surface area contributed by atoms with E-state index in [1.807, 2.05) is 6.07 Å². The molecule has 0 radical (unpaired) electrons. The van der Waals surface area contributed by atoms with E-state index in [2.05, 4.69) is 40.5 Å². The molecule has 0 aliphatic rings. The van der Waals surface area contributed by atoms with E-state index in [4.69, 9.17) is 9.84 Å². The van der Waals surface area contributed by atoms with Crippen molar-refractivity contribution in [3.8, 4) is 12.8 Å². The van der Waals surface area contributed by atoms with Crippen LogP contribution in [-0.2, 0) is 9.53 Å². The Labute approximate surface area is 204 Å². The molecular formula is C25H42N2O7. The van der Waals surface area contributed by atoms with Gasteiger partial charge in [0.2, 0.25) is 13.1 Å². The molecule has 0 amide bonds. The van der Waals surface area contributed by atoms with Crippen LogP contribution in [0.2, 0.25) is 0 Å². The number of benzene rings is 1. The molecule has 0 spiro atoms. The fourth-order valence-corrected chi connectivity index (χ4v) is 2.98. The van der Waals surface area contributed by atoms with Crippen molar-refractivity contribution in [2.45, 2.75) is 72.3 Å². The summed E-state index contributed by atoms with van der Waals surface area (Å²) in [6.45, 7) is 8.57. The number of ether oxygens (including phenoxy) is 1. The van der Waals surface area contributed by atoms with Crippen LogP contribution in [0.4, 0.5) is 0 Å². The summed E-state index contributed by atoms with van der Waals surface area (Å²) >= 11 is 0. The van der Waals surface area contributed by atoms with Crippen LogP contribution in [0.3, 0.4) is 0 Å². The molecule has 0 fully saturated rings. The molecular weight excluding hydrogens is 440 g/mol. The lowest BCUT2D eigenvalue weighted by atomic mass is 10.00. The van der Waals surface area contributed by atoms with Crippen LogP contribution in [0, 0.1) is 44.9 Å². The molecule has 194 valence electrons. The van der Waals surface area contributed by atoms with E-state index in [-0.39, 0.29) is 22.9 Å². The molecule has 0 aliphatic heterocycles. The number of terminal acetylenes is 1. The van der Waals surface area contributed by atoms with Crippen LogP contribution in [0.5, 0.6) is 0 Å². The van der Waals surface area contributed by atoms with Gasteiger partial charge in [0.05, 0.1) is 0 Å². The lowest BCUT2D eigenvalue weighted by Gasteiger charge is -2.09. The quantitative estimate of drug-likeness (QED) is 0.211. The molecule has 9 nitrogen and oxygen atoms in total. The summed E-state index contributed by atoms with van der Waals surface area (Å²) in [6, 6.07) is 8.84. The smallest absolute Gasteiger partial charge is 0.337 e. The Bertz CT molecular complexity index is 632. The van der Waals surface area contributed by atoms with Crippen molar-refractivity contribution in [2.75, 3.05) is 20.2 Å². The number of methoxy groups -OCH3 is 1. The SMILES string of the molecule is C#C.CCC(CC)CC[N+](=O)[O-].CCC(CC)CC[N+](=O)[O-].CO[C@@H](C(=O)O)c1ccccc1. The minimum atomic E-state index is -0.969.